The lowest BCUT2D eigenvalue weighted by atomic mass is 10.2. The van der Waals surface area contributed by atoms with Crippen molar-refractivity contribution in [3.63, 3.8) is 0 Å². The van der Waals surface area contributed by atoms with E-state index in [0.717, 1.165) is 23.0 Å². The lowest BCUT2D eigenvalue weighted by Crippen LogP contribution is -2.13. The quantitative estimate of drug-likeness (QED) is 0.908. The van der Waals surface area contributed by atoms with Crippen molar-refractivity contribution < 1.29 is 18.3 Å². The Kier molecular flexibility index (Phi) is 3.59. The van der Waals surface area contributed by atoms with Crippen molar-refractivity contribution in [2.45, 2.75) is 11.8 Å². The van der Waals surface area contributed by atoms with Gasteiger partial charge < -0.3 is 5.11 Å². The van der Waals surface area contributed by atoms with E-state index in [1.54, 1.807) is 31.2 Å². The number of hydrogen-bond donors (Lipinski definition) is 2. The van der Waals surface area contributed by atoms with E-state index in [0.29, 0.717) is 5.69 Å². The number of aryl methyl sites for hydroxylation is 1. The largest absolute Gasteiger partial charge is 0.477 e. The van der Waals surface area contributed by atoms with Gasteiger partial charge in [-0.3, -0.25) is 4.72 Å². The number of rotatable bonds is 4. The second-order valence-corrected chi connectivity index (χ2v) is 6.47. The van der Waals surface area contributed by atoms with E-state index in [-0.39, 0.29) is 9.77 Å². The molecular weight excluding hydrogens is 286 g/mol. The molecule has 1 aromatic carbocycles. The monoisotopic (exact) mass is 297 g/mol. The van der Waals surface area contributed by atoms with Gasteiger partial charge in [0.2, 0.25) is 0 Å². The van der Waals surface area contributed by atoms with Crippen molar-refractivity contribution in [1.29, 1.82) is 0 Å². The second kappa shape index (κ2) is 5.02. The molecule has 7 heteroatoms. The number of para-hydroxylation sites is 1. The molecule has 5 nitrogen and oxygen atoms in total. The molecule has 0 amide bonds. The highest BCUT2D eigenvalue weighted by Gasteiger charge is 2.19. The van der Waals surface area contributed by atoms with Gasteiger partial charge in [0.1, 0.15) is 4.88 Å². The van der Waals surface area contributed by atoms with Gasteiger partial charge in [-0.15, -0.1) is 11.3 Å². The summed E-state index contributed by atoms with van der Waals surface area (Å²) in [6, 6.07) is 8.11. The first-order valence-electron chi connectivity index (χ1n) is 5.30. The van der Waals surface area contributed by atoms with E-state index in [2.05, 4.69) is 4.72 Å². The van der Waals surface area contributed by atoms with Gasteiger partial charge in [-0.1, -0.05) is 18.2 Å². The lowest BCUT2D eigenvalue weighted by molar-refractivity contribution is 0.0702. The average Bonchev–Trinajstić information content (AvgIpc) is 2.82. The Morgan fingerprint density at radius 3 is 2.58 bits per heavy atom. The Balaban J connectivity index is 2.32. The van der Waals surface area contributed by atoms with Crippen molar-refractivity contribution in [3.05, 3.63) is 46.2 Å². The molecule has 0 bridgehead atoms. The zero-order chi connectivity index (χ0) is 14.0. The summed E-state index contributed by atoms with van der Waals surface area (Å²) in [7, 11) is -3.75. The van der Waals surface area contributed by atoms with Gasteiger partial charge in [0.25, 0.3) is 10.0 Å². The smallest absolute Gasteiger partial charge is 0.345 e. The van der Waals surface area contributed by atoms with Crippen LogP contribution >= 0.6 is 11.3 Å². The van der Waals surface area contributed by atoms with Crippen LogP contribution in [-0.4, -0.2) is 19.5 Å². The molecule has 100 valence electrons. The molecule has 0 aliphatic rings. The molecule has 2 aromatic rings. The number of carboxylic acids is 1. The van der Waals surface area contributed by atoms with E-state index in [4.69, 9.17) is 5.11 Å². The normalized spacial score (nSPS) is 11.2. The lowest BCUT2D eigenvalue weighted by Gasteiger charge is -2.08. The summed E-state index contributed by atoms with van der Waals surface area (Å²) >= 11 is 0.881. The fourth-order valence-corrected chi connectivity index (χ4v) is 3.71. The number of hydrogen-bond acceptors (Lipinski definition) is 4. The SMILES string of the molecule is Cc1ccccc1NS(=O)(=O)c1csc(C(=O)O)c1. The van der Waals surface area contributed by atoms with E-state index >= 15 is 0 Å². The second-order valence-electron chi connectivity index (χ2n) is 3.87. The van der Waals surface area contributed by atoms with Crippen LogP contribution in [0.15, 0.2) is 40.6 Å². The van der Waals surface area contributed by atoms with Crippen molar-refractivity contribution in [3.8, 4) is 0 Å². The average molecular weight is 297 g/mol. The van der Waals surface area contributed by atoms with Crippen LogP contribution in [0.3, 0.4) is 0 Å². The molecule has 1 heterocycles. The number of anilines is 1. The molecule has 2 N–H and O–H groups in total. The number of carboxylic acid groups (broad SMARTS) is 1. The molecule has 0 saturated carbocycles. The molecule has 0 saturated heterocycles. The van der Waals surface area contributed by atoms with Crippen molar-refractivity contribution in [1.82, 2.24) is 0 Å². The summed E-state index contributed by atoms with van der Waals surface area (Å²) in [5, 5.41) is 10.1. The van der Waals surface area contributed by atoms with Gasteiger partial charge in [-0.2, -0.15) is 0 Å². The number of benzene rings is 1. The predicted octanol–water partition coefficient (Wildman–Crippen LogP) is 2.56. The van der Waals surface area contributed by atoms with Crippen LogP contribution in [0.5, 0.6) is 0 Å². The standard InChI is InChI=1S/C12H11NO4S2/c1-8-4-2-3-5-10(8)13-19(16,17)9-6-11(12(14)15)18-7-9/h2-7,13H,1H3,(H,14,15). The Labute approximate surface area is 114 Å². The highest BCUT2D eigenvalue weighted by atomic mass is 32.2. The third-order valence-corrected chi connectivity index (χ3v) is 4.90. The third kappa shape index (κ3) is 2.94. The maximum Gasteiger partial charge on any atom is 0.345 e. The summed E-state index contributed by atoms with van der Waals surface area (Å²) in [6.07, 6.45) is 0. The molecule has 2 rings (SSSR count). The number of sulfonamides is 1. The topological polar surface area (TPSA) is 83.5 Å². The van der Waals surface area contributed by atoms with Crippen LogP contribution in [0.1, 0.15) is 15.2 Å². The highest BCUT2D eigenvalue weighted by molar-refractivity contribution is 7.92. The minimum absolute atomic E-state index is 0.00911. The van der Waals surface area contributed by atoms with Crippen LogP contribution < -0.4 is 4.72 Å². The predicted molar refractivity (Wildman–Crippen MR) is 73.3 cm³/mol. The number of thiophene rings is 1. The number of aromatic carboxylic acids is 1. The Bertz CT molecular complexity index is 719. The van der Waals surface area contributed by atoms with Gasteiger partial charge in [0, 0.05) is 5.38 Å². The van der Waals surface area contributed by atoms with Gasteiger partial charge in [-0.25, -0.2) is 13.2 Å². The van der Waals surface area contributed by atoms with Crippen molar-refractivity contribution in [2.24, 2.45) is 0 Å². The summed E-state index contributed by atoms with van der Waals surface area (Å²) < 4.78 is 26.6. The summed E-state index contributed by atoms with van der Waals surface area (Å²) in [5.74, 6) is -1.14. The number of nitrogens with one attached hydrogen (secondary N) is 1. The Morgan fingerprint density at radius 2 is 2.00 bits per heavy atom. The molecule has 0 fully saturated rings. The van der Waals surface area contributed by atoms with E-state index in [1.165, 1.54) is 5.38 Å². The molecule has 0 unspecified atom stereocenters. The first-order valence-corrected chi connectivity index (χ1v) is 7.67. The zero-order valence-electron chi connectivity index (χ0n) is 9.95. The maximum atomic E-state index is 12.1. The van der Waals surface area contributed by atoms with Crippen molar-refractivity contribution >= 4 is 33.0 Å². The molecule has 0 radical (unpaired) electrons. The fourth-order valence-electron chi connectivity index (χ4n) is 1.46. The van der Waals surface area contributed by atoms with E-state index in [1.807, 2.05) is 0 Å². The molecule has 0 aliphatic carbocycles. The summed E-state index contributed by atoms with van der Waals surface area (Å²) in [6.45, 7) is 1.79. The van der Waals surface area contributed by atoms with E-state index < -0.39 is 16.0 Å². The van der Waals surface area contributed by atoms with Crippen LogP contribution in [-0.2, 0) is 10.0 Å². The molecule has 19 heavy (non-hydrogen) atoms. The molecule has 0 aliphatic heterocycles. The molecule has 1 aromatic heterocycles. The van der Waals surface area contributed by atoms with Gasteiger partial charge in [0.05, 0.1) is 10.6 Å². The zero-order valence-corrected chi connectivity index (χ0v) is 11.6. The minimum atomic E-state index is -3.75. The summed E-state index contributed by atoms with van der Waals surface area (Å²) in [5.41, 5.74) is 1.27. The maximum absolute atomic E-state index is 12.1. The molecule has 0 atom stereocenters. The number of carbonyl (C=O) groups is 1. The van der Waals surface area contributed by atoms with Gasteiger partial charge in [0.15, 0.2) is 0 Å². The van der Waals surface area contributed by atoms with Gasteiger partial charge >= 0.3 is 5.97 Å². The fraction of sp³-hybridized carbons (Fsp3) is 0.0833. The summed E-state index contributed by atoms with van der Waals surface area (Å²) in [4.78, 5) is 10.7. The van der Waals surface area contributed by atoms with Crippen molar-refractivity contribution in [2.75, 3.05) is 4.72 Å². The first kappa shape index (κ1) is 13.6. The van der Waals surface area contributed by atoms with Crippen LogP contribution in [0.4, 0.5) is 5.69 Å². The third-order valence-electron chi connectivity index (χ3n) is 2.49. The van der Waals surface area contributed by atoms with Crippen LogP contribution in [0, 0.1) is 6.92 Å². The van der Waals surface area contributed by atoms with Crippen LogP contribution in [0.2, 0.25) is 0 Å². The van der Waals surface area contributed by atoms with E-state index in [9.17, 15) is 13.2 Å². The molecule has 0 spiro atoms. The Morgan fingerprint density at radius 1 is 1.32 bits per heavy atom. The first-order chi connectivity index (χ1) is 8.90. The minimum Gasteiger partial charge on any atom is -0.477 e. The Hall–Kier alpha value is -1.86. The molecular formula is C12H11NO4S2. The van der Waals surface area contributed by atoms with Crippen LogP contribution in [0.25, 0.3) is 0 Å². The van der Waals surface area contributed by atoms with Gasteiger partial charge in [-0.05, 0) is 24.6 Å². The highest BCUT2D eigenvalue weighted by Crippen LogP contribution is 2.23.